The van der Waals surface area contributed by atoms with Crippen LogP contribution in [0.5, 0.6) is 0 Å². The Balaban J connectivity index is 0.00000300. The van der Waals surface area contributed by atoms with E-state index in [9.17, 15) is 4.79 Å². The number of nitrogens with one attached hydrogen (secondary N) is 2. The van der Waals surface area contributed by atoms with Gasteiger partial charge in [0.25, 0.3) is 0 Å². The third-order valence-corrected chi connectivity index (χ3v) is 5.61. The monoisotopic (exact) mass is 527 g/mol. The Labute approximate surface area is 194 Å². The standard InChI is InChI=1S/C21H29N5OS.HI/c1-3-22-21(23-12-11-19-24-14-16(2)28-19)25-15-17-7-9-18(10-8-17)26-13-5-4-6-20(26)27;/h7-10,14H,3-6,11-13,15H2,1-2H3,(H2,22,23,25);1H. The minimum absolute atomic E-state index is 0. The highest BCUT2D eigenvalue weighted by atomic mass is 127. The van der Waals surface area contributed by atoms with Crippen molar-refractivity contribution in [2.45, 2.75) is 46.1 Å². The normalized spacial score (nSPS) is 14.5. The summed E-state index contributed by atoms with van der Waals surface area (Å²) >= 11 is 1.74. The number of halogens is 1. The third kappa shape index (κ3) is 7.26. The first kappa shape index (κ1) is 23.6. The number of nitrogens with zero attached hydrogens (tertiary/aromatic N) is 3. The van der Waals surface area contributed by atoms with E-state index in [-0.39, 0.29) is 29.9 Å². The van der Waals surface area contributed by atoms with Crippen LogP contribution in [0.25, 0.3) is 0 Å². The maximum atomic E-state index is 12.1. The van der Waals surface area contributed by atoms with E-state index in [1.807, 2.05) is 23.2 Å². The van der Waals surface area contributed by atoms with E-state index in [2.05, 4.69) is 46.6 Å². The Hall–Kier alpha value is -1.68. The summed E-state index contributed by atoms with van der Waals surface area (Å²) in [6.07, 6.45) is 5.55. The number of guanidine groups is 1. The topological polar surface area (TPSA) is 69.6 Å². The SMILES string of the molecule is CCNC(=NCc1ccc(N2CCCCC2=O)cc1)NCCc1ncc(C)s1.I. The van der Waals surface area contributed by atoms with E-state index in [1.165, 1.54) is 4.88 Å². The molecule has 0 unspecified atom stereocenters. The van der Waals surface area contributed by atoms with Gasteiger partial charge in [-0.2, -0.15) is 0 Å². The highest BCUT2D eigenvalue weighted by molar-refractivity contribution is 14.0. The summed E-state index contributed by atoms with van der Waals surface area (Å²) in [6, 6.07) is 8.17. The number of carbonyl (C=O) groups is 1. The van der Waals surface area contributed by atoms with Crippen LogP contribution in [0.2, 0.25) is 0 Å². The van der Waals surface area contributed by atoms with Gasteiger partial charge in [-0.15, -0.1) is 35.3 Å². The van der Waals surface area contributed by atoms with Gasteiger partial charge in [0.1, 0.15) is 0 Å². The number of hydrogen-bond acceptors (Lipinski definition) is 4. The van der Waals surface area contributed by atoms with Crippen LogP contribution in [0.15, 0.2) is 35.5 Å². The number of anilines is 1. The van der Waals surface area contributed by atoms with Crippen molar-refractivity contribution in [1.29, 1.82) is 0 Å². The number of aryl methyl sites for hydroxylation is 1. The van der Waals surface area contributed by atoms with Crippen LogP contribution in [-0.4, -0.2) is 36.5 Å². The molecule has 29 heavy (non-hydrogen) atoms. The number of thiazole rings is 1. The fourth-order valence-corrected chi connectivity index (χ4v) is 3.96. The van der Waals surface area contributed by atoms with Gasteiger partial charge >= 0.3 is 0 Å². The molecule has 0 atom stereocenters. The van der Waals surface area contributed by atoms with Gasteiger partial charge in [-0.05, 0) is 44.4 Å². The van der Waals surface area contributed by atoms with Crippen molar-refractivity contribution >= 4 is 52.9 Å². The molecule has 8 heteroatoms. The smallest absolute Gasteiger partial charge is 0.226 e. The molecule has 1 saturated heterocycles. The van der Waals surface area contributed by atoms with E-state index in [0.29, 0.717) is 13.0 Å². The molecule has 1 aliphatic rings. The van der Waals surface area contributed by atoms with Gasteiger partial charge < -0.3 is 15.5 Å². The lowest BCUT2D eigenvalue weighted by Gasteiger charge is -2.26. The Morgan fingerprint density at radius 2 is 2.03 bits per heavy atom. The predicted molar refractivity (Wildman–Crippen MR) is 131 cm³/mol. The summed E-state index contributed by atoms with van der Waals surface area (Å²) in [7, 11) is 0. The molecule has 0 bridgehead atoms. The molecular weight excluding hydrogens is 497 g/mol. The van der Waals surface area contributed by atoms with Gasteiger partial charge in [0, 0.05) is 49.2 Å². The second-order valence-electron chi connectivity index (χ2n) is 6.91. The van der Waals surface area contributed by atoms with Gasteiger partial charge in [-0.25, -0.2) is 9.98 Å². The van der Waals surface area contributed by atoms with Crippen molar-refractivity contribution in [3.8, 4) is 0 Å². The number of aliphatic imine (C=N–C) groups is 1. The zero-order chi connectivity index (χ0) is 19.8. The van der Waals surface area contributed by atoms with Crippen LogP contribution in [0.4, 0.5) is 5.69 Å². The molecule has 0 radical (unpaired) electrons. The van der Waals surface area contributed by atoms with Gasteiger partial charge in [0.2, 0.25) is 5.91 Å². The maximum absolute atomic E-state index is 12.1. The summed E-state index contributed by atoms with van der Waals surface area (Å²) in [5.74, 6) is 1.04. The second kappa shape index (κ2) is 12.1. The average molecular weight is 527 g/mol. The molecule has 1 aliphatic heterocycles. The number of aromatic nitrogens is 1. The van der Waals surface area contributed by atoms with Gasteiger partial charge in [-0.3, -0.25) is 4.79 Å². The number of benzene rings is 1. The van der Waals surface area contributed by atoms with Crippen LogP contribution in [-0.2, 0) is 17.8 Å². The Bertz CT molecular complexity index is 806. The van der Waals surface area contributed by atoms with Crippen LogP contribution in [0.1, 0.15) is 41.6 Å². The molecule has 6 nitrogen and oxygen atoms in total. The van der Waals surface area contributed by atoms with Gasteiger partial charge in [0.05, 0.1) is 11.6 Å². The third-order valence-electron chi connectivity index (χ3n) is 4.64. The predicted octanol–water partition coefficient (Wildman–Crippen LogP) is 3.88. The Morgan fingerprint density at radius 1 is 1.24 bits per heavy atom. The molecule has 0 aliphatic carbocycles. The lowest BCUT2D eigenvalue weighted by Crippen LogP contribution is -2.38. The minimum atomic E-state index is 0. The Kier molecular flexibility index (Phi) is 9.86. The number of rotatable bonds is 7. The van der Waals surface area contributed by atoms with E-state index in [4.69, 9.17) is 0 Å². The quantitative estimate of drug-likeness (QED) is 0.326. The molecule has 2 N–H and O–H groups in total. The summed E-state index contributed by atoms with van der Waals surface area (Å²) < 4.78 is 0. The zero-order valence-corrected chi connectivity index (χ0v) is 20.3. The van der Waals surface area contributed by atoms with Crippen molar-refractivity contribution in [2.24, 2.45) is 4.99 Å². The van der Waals surface area contributed by atoms with Crippen molar-refractivity contribution in [3.05, 3.63) is 45.9 Å². The van der Waals surface area contributed by atoms with Crippen molar-refractivity contribution in [3.63, 3.8) is 0 Å². The molecule has 1 aromatic heterocycles. The second-order valence-corrected chi connectivity index (χ2v) is 8.22. The maximum Gasteiger partial charge on any atom is 0.226 e. The molecule has 1 fully saturated rings. The van der Waals surface area contributed by atoms with E-state index in [0.717, 1.165) is 61.1 Å². The van der Waals surface area contributed by atoms with E-state index < -0.39 is 0 Å². The van der Waals surface area contributed by atoms with E-state index >= 15 is 0 Å². The average Bonchev–Trinajstić information content (AvgIpc) is 3.12. The molecular formula is C21H30IN5OS. The van der Waals surface area contributed by atoms with Crippen LogP contribution < -0.4 is 15.5 Å². The van der Waals surface area contributed by atoms with Crippen LogP contribution in [0.3, 0.4) is 0 Å². The first-order valence-electron chi connectivity index (χ1n) is 9.98. The molecule has 158 valence electrons. The minimum Gasteiger partial charge on any atom is -0.357 e. The first-order valence-corrected chi connectivity index (χ1v) is 10.8. The number of hydrogen-bond donors (Lipinski definition) is 2. The molecule has 1 aromatic carbocycles. The lowest BCUT2D eigenvalue weighted by molar-refractivity contribution is -0.119. The molecule has 3 rings (SSSR count). The summed E-state index contributed by atoms with van der Waals surface area (Å²) in [5, 5.41) is 7.79. The number of carbonyl (C=O) groups excluding carboxylic acids is 1. The molecule has 2 heterocycles. The highest BCUT2D eigenvalue weighted by Gasteiger charge is 2.19. The van der Waals surface area contributed by atoms with Crippen LogP contribution >= 0.6 is 35.3 Å². The molecule has 0 spiro atoms. The van der Waals surface area contributed by atoms with Crippen molar-refractivity contribution in [2.75, 3.05) is 24.5 Å². The fraction of sp³-hybridized carbons (Fsp3) is 0.476. The Morgan fingerprint density at radius 3 is 2.69 bits per heavy atom. The van der Waals surface area contributed by atoms with Gasteiger partial charge in [0.15, 0.2) is 5.96 Å². The summed E-state index contributed by atoms with van der Waals surface area (Å²) in [6.45, 7) is 7.18. The fourth-order valence-electron chi connectivity index (χ4n) is 3.18. The van der Waals surface area contributed by atoms with E-state index in [1.54, 1.807) is 11.3 Å². The van der Waals surface area contributed by atoms with Gasteiger partial charge in [-0.1, -0.05) is 12.1 Å². The molecule has 0 saturated carbocycles. The first-order chi connectivity index (χ1) is 13.7. The van der Waals surface area contributed by atoms with Crippen LogP contribution in [0, 0.1) is 6.92 Å². The molecule has 1 amide bonds. The molecule has 2 aromatic rings. The largest absolute Gasteiger partial charge is 0.357 e. The lowest BCUT2D eigenvalue weighted by atomic mass is 10.1. The highest BCUT2D eigenvalue weighted by Crippen LogP contribution is 2.21. The number of piperidine rings is 1. The van der Waals surface area contributed by atoms with Crippen molar-refractivity contribution < 1.29 is 4.79 Å². The zero-order valence-electron chi connectivity index (χ0n) is 17.1. The summed E-state index contributed by atoms with van der Waals surface area (Å²) in [4.78, 5) is 24.3. The van der Waals surface area contributed by atoms with Crippen molar-refractivity contribution in [1.82, 2.24) is 15.6 Å². The number of amides is 1. The summed E-state index contributed by atoms with van der Waals surface area (Å²) in [5.41, 5.74) is 2.11.